The monoisotopic (exact) mass is 295 g/mol. The van der Waals surface area contributed by atoms with Gasteiger partial charge in [0.05, 0.1) is 36.7 Å². The lowest BCUT2D eigenvalue weighted by Crippen LogP contribution is -2.48. The summed E-state index contributed by atoms with van der Waals surface area (Å²) in [6.45, 7) is 10.3. The van der Waals surface area contributed by atoms with Gasteiger partial charge >= 0.3 is 0 Å². The van der Waals surface area contributed by atoms with Crippen molar-refractivity contribution in [2.75, 3.05) is 24.6 Å². The molecule has 21 heavy (non-hydrogen) atoms. The molecule has 1 unspecified atom stereocenters. The average Bonchev–Trinajstić information content (AvgIpc) is 2.39. The Hall–Kier alpha value is -1.40. The van der Waals surface area contributed by atoms with Crippen LogP contribution in [0.3, 0.4) is 0 Å². The van der Waals surface area contributed by atoms with Crippen LogP contribution in [-0.4, -0.2) is 46.3 Å². The van der Waals surface area contributed by atoms with Crippen molar-refractivity contribution in [2.45, 2.75) is 45.9 Å². The maximum Gasteiger partial charge on any atom is 0.268 e. The number of aliphatic hydroxyl groups excluding tert-OH is 1. The summed E-state index contributed by atoms with van der Waals surface area (Å²) < 4.78 is 6.99. The Morgan fingerprint density at radius 2 is 2.19 bits per heavy atom. The van der Waals surface area contributed by atoms with Crippen LogP contribution in [0, 0.1) is 5.92 Å². The van der Waals surface area contributed by atoms with Gasteiger partial charge in [0.2, 0.25) is 0 Å². The van der Waals surface area contributed by atoms with Gasteiger partial charge in [-0.05, 0) is 19.8 Å². The highest BCUT2D eigenvalue weighted by atomic mass is 16.5. The van der Waals surface area contributed by atoms with E-state index in [2.05, 4.69) is 10.00 Å². The Morgan fingerprint density at radius 3 is 2.76 bits per heavy atom. The number of ether oxygens (including phenoxy) is 1. The minimum atomic E-state index is -0.566. The zero-order valence-electron chi connectivity index (χ0n) is 13.2. The SMILES string of the molecule is CC(C)C(O)Cn1ncc(N2CCOC(C)(C)C2)cc1=O. The first-order valence-electron chi connectivity index (χ1n) is 7.43. The second-order valence-electron chi connectivity index (χ2n) is 6.58. The quantitative estimate of drug-likeness (QED) is 0.893. The smallest absolute Gasteiger partial charge is 0.268 e. The summed E-state index contributed by atoms with van der Waals surface area (Å²) in [6.07, 6.45) is 1.12. The van der Waals surface area contributed by atoms with Crippen molar-refractivity contribution in [3.63, 3.8) is 0 Å². The lowest BCUT2D eigenvalue weighted by Gasteiger charge is -2.39. The van der Waals surface area contributed by atoms with Crippen LogP contribution in [0.25, 0.3) is 0 Å². The third-order valence-corrected chi connectivity index (χ3v) is 3.78. The fraction of sp³-hybridized carbons (Fsp3) is 0.733. The van der Waals surface area contributed by atoms with Gasteiger partial charge in [-0.1, -0.05) is 13.8 Å². The zero-order valence-corrected chi connectivity index (χ0v) is 13.2. The van der Waals surface area contributed by atoms with Crippen LogP contribution in [0.1, 0.15) is 27.7 Å². The molecule has 0 aromatic carbocycles. The molecular weight excluding hydrogens is 270 g/mol. The zero-order chi connectivity index (χ0) is 15.6. The van der Waals surface area contributed by atoms with Crippen LogP contribution in [0.15, 0.2) is 17.1 Å². The molecule has 2 heterocycles. The topological polar surface area (TPSA) is 67.6 Å². The molecule has 0 saturated carbocycles. The molecule has 6 heteroatoms. The molecule has 1 aliphatic rings. The average molecular weight is 295 g/mol. The van der Waals surface area contributed by atoms with E-state index in [9.17, 15) is 9.90 Å². The maximum absolute atomic E-state index is 12.1. The third-order valence-electron chi connectivity index (χ3n) is 3.78. The largest absolute Gasteiger partial charge is 0.391 e. The summed E-state index contributed by atoms with van der Waals surface area (Å²) in [6, 6.07) is 1.58. The molecule has 0 spiro atoms. The second kappa shape index (κ2) is 6.15. The Labute approximate surface area is 125 Å². The molecule has 1 atom stereocenters. The molecule has 1 fully saturated rings. The minimum absolute atomic E-state index is 0.0958. The van der Waals surface area contributed by atoms with E-state index >= 15 is 0 Å². The maximum atomic E-state index is 12.1. The molecule has 0 amide bonds. The van der Waals surface area contributed by atoms with E-state index in [1.54, 1.807) is 12.3 Å². The van der Waals surface area contributed by atoms with Crippen LogP contribution >= 0.6 is 0 Å². The predicted molar refractivity (Wildman–Crippen MR) is 81.6 cm³/mol. The van der Waals surface area contributed by atoms with Gasteiger partial charge in [-0.2, -0.15) is 5.10 Å². The summed E-state index contributed by atoms with van der Waals surface area (Å²) in [5, 5.41) is 14.0. The number of nitrogens with zero attached hydrogens (tertiary/aromatic N) is 3. The highest BCUT2D eigenvalue weighted by Crippen LogP contribution is 2.21. The van der Waals surface area contributed by atoms with Crippen molar-refractivity contribution in [3.8, 4) is 0 Å². The van der Waals surface area contributed by atoms with Crippen molar-refractivity contribution >= 4 is 5.69 Å². The summed E-state index contributed by atoms with van der Waals surface area (Å²) in [5.74, 6) is 0.0958. The summed E-state index contributed by atoms with van der Waals surface area (Å²) in [5.41, 5.74) is 0.407. The summed E-state index contributed by atoms with van der Waals surface area (Å²) >= 11 is 0. The van der Waals surface area contributed by atoms with Crippen LogP contribution in [0.4, 0.5) is 5.69 Å². The molecule has 1 saturated heterocycles. The van der Waals surface area contributed by atoms with Gasteiger partial charge in [-0.3, -0.25) is 4.79 Å². The second-order valence-corrected chi connectivity index (χ2v) is 6.58. The molecule has 1 aromatic rings. The molecule has 0 radical (unpaired) electrons. The Bertz CT molecular complexity index is 539. The Kier molecular flexibility index (Phi) is 4.68. The lowest BCUT2D eigenvalue weighted by atomic mass is 10.1. The summed E-state index contributed by atoms with van der Waals surface area (Å²) in [7, 11) is 0. The van der Waals surface area contributed by atoms with Crippen molar-refractivity contribution in [2.24, 2.45) is 5.92 Å². The van der Waals surface area contributed by atoms with Crippen LogP contribution in [0.2, 0.25) is 0 Å². The van der Waals surface area contributed by atoms with Gasteiger partial charge in [0, 0.05) is 19.2 Å². The fourth-order valence-corrected chi connectivity index (χ4v) is 2.36. The van der Waals surface area contributed by atoms with E-state index in [-0.39, 0.29) is 23.6 Å². The van der Waals surface area contributed by atoms with E-state index < -0.39 is 6.10 Å². The minimum Gasteiger partial charge on any atom is -0.391 e. The van der Waals surface area contributed by atoms with Gasteiger partial charge in [-0.15, -0.1) is 0 Å². The number of rotatable bonds is 4. The molecule has 118 valence electrons. The molecular formula is C15H25N3O3. The molecule has 2 rings (SSSR count). The van der Waals surface area contributed by atoms with E-state index in [4.69, 9.17) is 4.74 Å². The van der Waals surface area contributed by atoms with Gasteiger partial charge in [0.25, 0.3) is 5.56 Å². The number of hydrogen-bond acceptors (Lipinski definition) is 5. The van der Waals surface area contributed by atoms with E-state index in [1.165, 1.54) is 4.68 Å². The van der Waals surface area contributed by atoms with Crippen molar-refractivity contribution in [3.05, 3.63) is 22.6 Å². The molecule has 0 bridgehead atoms. The molecule has 1 aliphatic heterocycles. The van der Waals surface area contributed by atoms with Gasteiger partial charge < -0.3 is 14.7 Å². The van der Waals surface area contributed by atoms with E-state index in [1.807, 2.05) is 27.7 Å². The van der Waals surface area contributed by atoms with Gasteiger partial charge in [0.15, 0.2) is 0 Å². The Morgan fingerprint density at radius 1 is 1.48 bits per heavy atom. The number of anilines is 1. The van der Waals surface area contributed by atoms with Crippen molar-refractivity contribution in [1.29, 1.82) is 0 Å². The van der Waals surface area contributed by atoms with Crippen molar-refractivity contribution in [1.82, 2.24) is 9.78 Å². The Balaban J connectivity index is 2.14. The third kappa shape index (κ3) is 4.04. The molecule has 1 N–H and O–H groups in total. The van der Waals surface area contributed by atoms with Crippen LogP contribution in [0.5, 0.6) is 0 Å². The number of aliphatic hydroxyl groups is 1. The number of hydrogen-bond donors (Lipinski definition) is 1. The number of morpholine rings is 1. The summed E-state index contributed by atoms with van der Waals surface area (Å²) in [4.78, 5) is 14.2. The standard InChI is InChI=1S/C15H25N3O3/c1-11(2)13(19)9-18-14(20)7-12(8-16-18)17-5-6-21-15(3,4)10-17/h7-8,11,13,19H,5-6,9-10H2,1-4H3. The molecule has 1 aromatic heterocycles. The molecule has 0 aliphatic carbocycles. The first kappa shape index (κ1) is 16.0. The van der Waals surface area contributed by atoms with Gasteiger partial charge in [0.1, 0.15) is 0 Å². The highest BCUT2D eigenvalue weighted by Gasteiger charge is 2.27. The van der Waals surface area contributed by atoms with Crippen molar-refractivity contribution < 1.29 is 9.84 Å². The molecule has 6 nitrogen and oxygen atoms in total. The predicted octanol–water partition coefficient (Wildman–Crippen LogP) is 0.875. The normalized spacial score (nSPS) is 19.8. The van der Waals surface area contributed by atoms with Gasteiger partial charge in [-0.25, -0.2) is 4.68 Å². The lowest BCUT2D eigenvalue weighted by molar-refractivity contribution is -0.0277. The first-order valence-corrected chi connectivity index (χ1v) is 7.43. The first-order chi connectivity index (χ1) is 9.78. The van der Waals surface area contributed by atoms with Crippen LogP contribution < -0.4 is 10.5 Å². The van der Waals surface area contributed by atoms with E-state index in [0.717, 1.165) is 18.8 Å². The fourth-order valence-electron chi connectivity index (χ4n) is 2.36. The number of aromatic nitrogens is 2. The van der Waals surface area contributed by atoms with E-state index in [0.29, 0.717) is 6.61 Å². The highest BCUT2D eigenvalue weighted by molar-refractivity contribution is 5.43. The van der Waals surface area contributed by atoms with Crippen LogP contribution in [-0.2, 0) is 11.3 Å².